The summed E-state index contributed by atoms with van der Waals surface area (Å²) in [6, 6.07) is 6.37. The van der Waals surface area contributed by atoms with E-state index >= 15 is 0 Å². The van der Waals surface area contributed by atoms with Crippen molar-refractivity contribution in [2.75, 3.05) is 12.4 Å². The highest BCUT2D eigenvalue weighted by atomic mass is 32.2. The molecule has 0 aromatic heterocycles. The molecule has 0 saturated heterocycles. The molecular weight excluding hydrogens is 253 g/mol. The fourth-order valence-electron chi connectivity index (χ4n) is 1.07. The predicted octanol–water partition coefficient (Wildman–Crippen LogP) is 2.60. The van der Waals surface area contributed by atoms with Gasteiger partial charge >= 0.3 is 5.51 Å². The number of ether oxygens (including phenoxy) is 1. The molecule has 3 nitrogen and oxygen atoms in total. The highest BCUT2D eigenvalue weighted by Crippen LogP contribution is 2.29. The number of nitrogen functional groups attached to an aromatic ring is 1. The summed E-state index contributed by atoms with van der Waals surface area (Å²) in [7, 11) is 0. The van der Waals surface area contributed by atoms with Gasteiger partial charge in [0.1, 0.15) is 11.6 Å². The Kier molecular flexibility index (Phi) is 4.68. The first-order valence-corrected chi connectivity index (χ1v) is 5.65. The van der Waals surface area contributed by atoms with Crippen LogP contribution in [0.4, 0.5) is 13.2 Å². The number of thioether (sulfide) groups is 1. The van der Waals surface area contributed by atoms with Gasteiger partial charge in [0, 0.05) is 11.3 Å². The number of nitrogens with one attached hydrogen (secondary N) is 1. The van der Waals surface area contributed by atoms with Crippen LogP contribution in [0.2, 0.25) is 0 Å². The third-order valence-electron chi connectivity index (χ3n) is 1.76. The van der Waals surface area contributed by atoms with E-state index in [2.05, 4.69) is 0 Å². The van der Waals surface area contributed by atoms with Gasteiger partial charge in [0.25, 0.3) is 0 Å². The van der Waals surface area contributed by atoms with E-state index in [1.807, 2.05) is 0 Å². The molecule has 0 unspecified atom stereocenters. The van der Waals surface area contributed by atoms with Gasteiger partial charge in [0.15, 0.2) is 0 Å². The fraction of sp³-hybridized carbons (Fsp3) is 0.300. The first kappa shape index (κ1) is 13.7. The van der Waals surface area contributed by atoms with Crippen molar-refractivity contribution >= 4 is 17.6 Å². The van der Waals surface area contributed by atoms with Crippen LogP contribution in [0.3, 0.4) is 0 Å². The van der Waals surface area contributed by atoms with E-state index in [1.54, 1.807) is 18.2 Å². The average Bonchev–Trinajstić information content (AvgIpc) is 2.23. The minimum atomic E-state index is -4.23. The quantitative estimate of drug-likeness (QED) is 0.488. The molecule has 0 spiro atoms. The number of nitrogens with two attached hydrogens (primary N) is 1. The van der Waals surface area contributed by atoms with Gasteiger partial charge in [-0.3, -0.25) is 5.41 Å². The lowest BCUT2D eigenvalue weighted by Gasteiger charge is -2.08. The smallest absolute Gasteiger partial charge is 0.441 e. The molecule has 3 N–H and O–H groups in total. The van der Waals surface area contributed by atoms with Crippen LogP contribution in [0, 0.1) is 5.41 Å². The summed E-state index contributed by atoms with van der Waals surface area (Å²) in [5.74, 6) is 0.119. The number of rotatable bonds is 5. The molecule has 0 saturated carbocycles. The summed E-state index contributed by atoms with van der Waals surface area (Å²) in [5, 5.41) is 7.20. The van der Waals surface area contributed by atoms with Crippen LogP contribution in [0.1, 0.15) is 5.56 Å². The molecule has 0 amide bonds. The SMILES string of the molecule is N=C(N)c1cccc(OCCSC(F)(F)F)c1. The fourth-order valence-corrected chi connectivity index (χ4v) is 1.47. The Morgan fingerprint density at radius 3 is 2.71 bits per heavy atom. The highest BCUT2D eigenvalue weighted by Gasteiger charge is 2.27. The van der Waals surface area contributed by atoms with Crippen molar-refractivity contribution in [3.05, 3.63) is 29.8 Å². The van der Waals surface area contributed by atoms with Gasteiger partial charge in [-0.2, -0.15) is 13.2 Å². The molecule has 0 radical (unpaired) electrons. The third kappa shape index (κ3) is 5.48. The Hall–Kier alpha value is -1.37. The number of hydrogen-bond donors (Lipinski definition) is 2. The third-order valence-corrected chi connectivity index (χ3v) is 2.46. The summed E-state index contributed by atoms with van der Waals surface area (Å²) >= 11 is -0.129. The second-order valence-electron chi connectivity index (χ2n) is 3.08. The topological polar surface area (TPSA) is 59.1 Å². The molecule has 0 heterocycles. The van der Waals surface area contributed by atoms with Crippen LogP contribution in [-0.4, -0.2) is 23.7 Å². The van der Waals surface area contributed by atoms with E-state index in [-0.39, 0.29) is 30.0 Å². The maximum atomic E-state index is 11.8. The second-order valence-corrected chi connectivity index (χ2v) is 4.24. The van der Waals surface area contributed by atoms with Crippen molar-refractivity contribution in [1.82, 2.24) is 0 Å². The first-order chi connectivity index (χ1) is 7.88. The summed E-state index contributed by atoms with van der Waals surface area (Å²) in [5.41, 5.74) is 1.52. The standard InChI is InChI=1S/C10H11F3N2OS/c11-10(12,13)17-5-4-16-8-3-1-2-7(6-8)9(14)15/h1-3,6H,4-5H2,(H3,14,15). The number of benzene rings is 1. The molecule has 1 aromatic rings. The first-order valence-electron chi connectivity index (χ1n) is 4.66. The molecule has 17 heavy (non-hydrogen) atoms. The van der Waals surface area contributed by atoms with Gasteiger partial charge in [0.2, 0.25) is 0 Å². The Morgan fingerprint density at radius 2 is 2.12 bits per heavy atom. The monoisotopic (exact) mass is 264 g/mol. The second kappa shape index (κ2) is 5.81. The number of alkyl halides is 3. The summed E-state index contributed by atoms with van der Waals surface area (Å²) in [6.45, 7) is -0.0501. The highest BCUT2D eigenvalue weighted by molar-refractivity contribution is 8.00. The molecule has 0 aliphatic heterocycles. The molecular formula is C10H11F3N2OS. The number of amidine groups is 1. The van der Waals surface area contributed by atoms with E-state index in [9.17, 15) is 13.2 Å². The van der Waals surface area contributed by atoms with Gasteiger partial charge in [-0.25, -0.2) is 0 Å². The lowest BCUT2D eigenvalue weighted by atomic mass is 10.2. The molecule has 94 valence electrons. The van der Waals surface area contributed by atoms with E-state index < -0.39 is 5.51 Å². The van der Waals surface area contributed by atoms with E-state index in [1.165, 1.54) is 6.07 Å². The van der Waals surface area contributed by atoms with E-state index in [4.69, 9.17) is 15.9 Å². The number of halogens is 3. The molecule has 0 bridgehead atoms. The maximum absolute atomic E-state index is 11.8. The van der Waals surface area contributed by atoms with Crippen molar-refractivity contribution in [2.24, 2.45) is 5.73 Å². The van der Waals surface area contributed by atoms with Crippen LogP contribution in [-0.2, 0) is 0 Å². The van der Waals surface area contributed by atoms with Crippen LogP contribution in [0.15, 0.2) is 24.3 Å². The maximum Gasteiger partial charge on any atom is 0.441 e. The summed E-state index contributed by atoms with van der Waals surface area (Å²) < 4.78 is 40.6. The minimum Gasteiger partial charge on any atom is -0.493 e. The van der Waals surface area contributed by atoms with Crippen molar-refractivity contribution in [1.29, 1.82) is 5.41 Å². The molecule has 7 heteroatoms. The van der Waals surface area contributed by atoms with Crippen LogP contribution >= 0.6 is 11.8 Å². The Labute approximate surface area is 101 Å². The van der Waals surface area contributed by atoms with E-state index in [0.717, 1.165) is 0 Å². The Morgan fingerprint density at radius 1 is 1.41 bits per heavy atom. The van der Waals surface area contributed by atoms with Crippen LogP contribution in [0.25, 0.3) is 0 Å². The van der Waals surface area contributed by atoms with Gasteiger partial charge in [-0.05, 0) is 23.9 Å². The number of hydrogen-bond acceptors (Lipinski definition) is 3. The van der Waals surface area contributed by atoms with Gasteiger partial charge < -0.3 is 10.5 Å². The molecule has 0 atom stereocenters. The average molecular weight is 264 g/mol. The van der Waals surface area contributed by atoms with E-state index in [0.29, 0.717) is 11.3 Å². The lowest BCUT2D eigenvalue weighted by molar-refractivity contribution is -0.0329. The summed E-state index contributed by atoms with van der Waals surface area (Å²) in [6.07, 6.45) is 0. The Balaban J connectivity index is 2.42. The van der Waals surface area contributed by atoms with Gasteiger partial charge in [-0.15, -0.1) is 0 Å². The van der Waals surface area contributed by atoms with Crippen LogP contribution in [0.5, 0.6) is 5.75 Å². The summed E-state index contributed by atoms with van der Waals surface area (Å²) in [4.78, 5) is 0. The molecule has 0 aliphatic rings. The lowest BCUT2D eigenvalue weighted by Crippen LogP contribution is -2.11. The van der Waals surface area contributed by atoms with Crippen LogP contribution < -0.4 is 10.5 Å². The zero-order valence-electron chi connectivity index (χ0n) is 8.75. The Bertz CT molecular complexity index is 395. The molecule has 0 aliphatic carbocycles. The zero-order chi connectivity index (χ0) is 12.9. The van der Waals surface area contributed by atoms with Gasteiger partial charge in [0.05, 0.1) is 6.61 Å². The molecule has 1 aromatic carbocycles. The van der Waals surface area contributed by atoms with Crippen molar-refractivity contribution in [2.45, 2.75) is 5.51 Å². The van der Waals surface area contributed by atoms with Crippen molar-refractivity contribution in [3.63, 3.8) is 0 Å². The minimum absolute atomic E-state index is 0.0501. The molecule has 0 fully saturated rings. The van der Waals surface area contributed by atoms with Crippen molar-refractivity contribution in [3.8, 4) is 5.75 Å². The molecule has 1 rings (SSSR count). The zero-order valence-corrected chi connectivity index (χ0v) is 9.57. The van der Waals surface area contributed by atoms with Gasteiger partial charge in [-0.1, -0.05) is 12.1 Å². The largest absolute Gasteiger partial charge is 0.493 e. The predicted molar refractivity (Wildman–Crippen MR) is 61.5 cm³/mol. The normalized spacial score (nSPS) is 11.2. The van der Waals surface area contributed by atoms with Crippen molar-refractivity contribution < 1.29 is 17.9 Å².